The summed E-state index contributed by atoms with van der Waals surface area (Å²) in [5, 5.41) is 15.4. The summed E-state index contributed by atoms with van der Waals surface area (Å²) in [6, 6.07) is 8.45. The molecule has 2 aromatic rings. The average Bonchev–Trinajstić information content (AvgIpc) is 2.97. The number of hydrogen-bond donors (Lipinski definition) is 3. The molecule has 3 N–H and O–H groups in total. The maximum Gasteiger partial charge on any atom is 0.0771 e. The number of rotatable bonds is 5. The summed E-state index contributed by atoms with van der Waals surface area (Å²) in [5.41, 5.74) is 1.96. The molecule has 3 rings (SSSR count). The van der Waals surface area contributed by atoms with E-state index in [0.29, 0.717) is 6.54 Å². The third-order valence-electron chi connectivity index (χ3n) is 5.06. The Labute approximate surface area is 126 Å². The van der Waals surface area contributed by atoms with Gasteiger partial charge in [-0.15, -0.1) is 0 Å². The van der Waals surface area contributed by atoms with Crippen LogP contribution in [0, 0.1) is 5.92 Å². The maximum absolute atomic E-state index is 10.7. The van der Waals surface area contributed by atoms with E-state index in [1.807, 2.05) is 6.20 Å². The topological polar surface area (TPSA) is 48.0 Å². The zero-order valence-electron chi connectivity index (χ0n) is 12.9. The first kappa shape index (κ1) is 14.6. The molecule has 1 aromatic heterocycles. The van der Waals surface area contributed by atoms with Crippen LogP contribution in [-0.2, 0) is 6.54 Å². The number of para-hydroxylation sites is 1. The van der Waals surface area contributed by atoms with Crippen LogP contribution in [0.25, 0.3) is 10.9 Å². The maximum atomic E-state index is 10.7. The van der Waals surface area contributed by atoms with Crippen LogP contribution in [0.2, 0.25) is 0 Å². The van der Waals surface area contributed by atoms with E-state index in [0.717, 1.165) is 25.3 Å². The molecule has 0 aliphatic heterocycles. The van der Waals surface area contributed by atoms with Crippen molar-refractivity contribution in [1.29, 1.82) is 0 Å². The van der Waals surface area contributed by atoms with Gasteiger partial charge in [0.05, 0.1) is 5.60 Å². The first-order valence-corrected chi connectivity index (χ1v) is 8.18. The summed E-state index contributed by atoms with van der Waals surface area (Å²) >= 11 is 0. The van der Waals surface area contributed by atoms with Gasteiger partial charge in [0.25, 0.3) is 0 Å². The summed E-state index contributed by atoms with van der Waals surface area (Å²) in [6.07, 6.45) is 7.43. The number of aromatic nitrogens is 1. The minimum Gasteiger partial charge on any atom is -0.389 e. The largest absolute Gasteiger partial charge is 0.389 e. The second-order valence-electron chi connectivity index (χ2n) is 6.54. The summed E-state index contributed by atoms with van der Waals surface area (Å²) in [4.78, 5) is 3.30. The number of benzene rings is 1. The predicted octanol–water partition coefficient (Wildman–Crippen LogP) is 3.59. The number of hydrogen-bond acceptors (Lipinski definition) is 2. The van der Waals surface area contributed by atoms with Crippen molar-refractivity contribution in [3.8, 4) is 0 Å². The fourth-order valence-electron chi connectivity index (χ4n) is 3.53. The molecule has 0 bridgehead atoms. The standard InChI is InChI=1S/C18H26N2O/c1-2-14-6-9-18(21,10-7-14)13-19-12-16-5-3-4-15-8-11-20-17(15)16/h3-5,8,11,14,19-21H,2,6-7,9-10,12-13H2,1H3. The molecular weight excluding hydrogens is 260 g/mol. The first-order chi connectivity index (χ1) is 10.2. The Balaban J connectivity index is 1.55. The van der Waals surface area contributed by atoms with Crippen molar-refractivity contribution in [3.05, 3.63) is 36.0 Å². The van der Waals surface area contributed by atoms with Crippen molar-refractivity contribution < 1.29 is 5.11 Å². The van der Waals surface area contributed by atoms with Crippen molar-refractivity contribution in [3.63, 3.8) is 0 Å². The lowest BCUT2D eigenvalue weighted by Gasteiger charge is -2.36. The van der Waals surface area contributed by atoms with E-state index in [1.54, 1.807) is 0 Å². The van der Waals surface area contributed by atoms with Gasteiger partial charge in [0.2, 0.25) is 0 Å². The van der Waals surface area contributed by atoms with Crippen molar-refractivity contribution in [2.24, 2.45) is 5.92 Å². The van der Waals surface area contributed by atoms with Gasteiger partial charge in [-0.2, -0.15) is 0 Å². The highest BCUT2D eigenvalue weighted by molar-refractivity contribution is 5.82. The van der Waals surface area contributed by atoms with Gasteiger partial charge in [-0.25, -0.2) is 0 Å². The Kier molecular flexibility index (Phi) is 4.32. The number of fused-ring (bicyclic) bond motifs is 1. The molecule has 1 saturated carbocycles. The molecular formula is C18H26N2O. The fraction of sp³-hybridized carbons (Fsp3) is 0.556. The minimum absolute atomic E-state index is 0.505. The van der Waals surface area contributed by atoms with E-state index in [-0.39, 0.29) is 0 Å². The van der Waals surface area contributed by atoms with Crippen LogP contribution in [0.15, 0.2) is 30.5 Å². The van der Waals surface area contributed by atoms with Gasteiger partial charge in [0, 0.05) is 24.8 Å². The Hall–Kier alpha value is -1.32. The van der Waals surface area contributed by atoms with Crippen LogP contribution < -0.4 is 5.32 Å². The number of aromatic amines is 1. The number of H-pyrrole nitrogens is 1. The zero-order chi connectivity index (χ0) is 14.7. The average molecular weight is 286 g/mol. The zero-order valence-corrected chi connectivity index (χ0v) is 12.9. The second kappa shape index (κ2) is 6.20. The van der Waals surface area contributed by atoms with Gasteiger partial charge in [-0.3, -0.25) is 0 Å². The van der Waals surface area contributed by atoms with Gasteiger partial charge >= 0.3 is 0 Å². The molecule has 1 aromatic carbocycles. The van der Waals surface area contributed by atoms with Gasteiger partial charge in [0.15, 0.2) is 0 Å². The molecule has 1 fully saturated rings. The molecule has 1 heterocycles. The van der Waals surface area contributed by atoms with Crippen molar-refractivity contribution in [1.82, 2.24) is 10.3 Å². The third-order valence-corrected chi connectivity index (χ3v) is 5.06. The third kappa shape index (κ3) is 3.30. The lowest BCUT2D eigenvalue weighted by Crippen LogP contribution is -2.43. The van der Waals surface area contributed by atoms with Crippen LogP contribution in [0.1, 0.15) is 44.6 Å². The summed E-state index contributed by atoms with van der Waals surface area (Å²) < 4.78 is 0. The lowest BCUT2D eigenvalue weighted by atomic mass is 9.78. The summed E-state index contributed by atoms with van der Waals surface area (Å²) in [6.45, 7) is 3.75. The summed E-state index contributed by atoms with van der Waals surface area (Å²) in [7, 11) is 0. The van der Waals surface area contributed by atoms with Gasteiger partial charge in [-0.1, -0.05) is 31.5 Å². The molecule has 1 aliphatic carbocycles. The summed E-state index contributed by atoms with van der Waals surface area (Å²) in [5.74, 6) is 0.818. The molecule has 0 amide bonds. The van der Waals surface area contributed by atoms with Gasteiger partial charge in [-0.05, 0) is 48.6 Å². The normalized spacial score (nSPS) is 26.3. The van der Waals surface area contributed by atoms with E-state index in [4.69, 9.17) is 0 Å². The molecule has 0 spiro atoms. The molecule has 0 unspecified atom stereocenters. The van der Waals surface area contributed by atoms with Crippen molar-refractivity contribution in [2.45, 2.75) is 51.2 Å². The molecule has 1 aliphatic rings. The van der Waals surface area contributed by atoms with Gasteiger partial charge < -0.3 is 15.4 Å². The Morgan fingerprint density at radius 1 is 1.29 bits per heavy atom. The van der Waals surface area contributed by atoms with E-state index in [1.165, 1.54) is 35.7 Å². The molecule has 114 valence electrons. The molecule has 0 saturated heterocycles. The van der Waals surface area contributed by atoms with Crippen LogP contribution in [0.4, 0.5) is 0 Å². The van der Waals surface area contributed by atoms with Gasteiger partial charge in [0.1, 0.15) is 0 Å². The predicted molar refractivity (Wildman–Crippen MR) is 87.2 cm³/mol. The minimum atomic E-state index is -0.505. The Morgan fingerprint density at radius 2 is 2.10 bits per heavy atom. The Bertz CT molecular complexity index is 582. The molecule has 3 heteroatoms. The van der Waals surface area contributed by atoms with E-state index < -0.39 is 5.60 Å². The number of nitrogens with one attached hydrogen (secondary N) is 2. The van der Waals surface area contributed by atoms with Crippen LogP contribution >= 0.6 is 0 Å². The second-order valence-corrected chi connectivity index (χ2v) is 6.54. The SMILES string of the molecule is CCC1CCC(O)(CNCc2cccc3cc[nH]c23)CC1. The van der Waals surface area contributed by atoms with Crippen molar-refractivity contribution in [2.75, 3.05) is 6.54 Å². The van der Waals surface area contributed by atoms with Crippen LogP contribution in [0.5, 0.6) is 0 Å². The quantitative estimate of drug-likeness (QED) is 0.786. The van der Waals surface area contributed by atoms with Crippen LogP contribution in [0.3, 0.4) is 0 Å². The highest BCUT2D eigenvalue weighted by atomic mass is 16.3. The van der Waals surface area contributed by atoms with E-state index in [2.05, 4.69) is 41.5 Å². The molecule has 21 heavy (non-hydrogen) atoms. The molecule has 0 atom stereocenters. The first-order valence-electron chi connectivity index (χ1n) is 8.18. The van der Waals surface area contributed by atoms with Crippen LogP contribution in [-0.4, -0.2) is 22.2 Å². The van der Waals surface area contributed by atoms with Crippen molar-refractivity contribution >= 4 is 10.9 Å². The molecule has 0 radical (unpaired) electrons. The van der Waals surface area contributed by atoms with E-state index >= 15 is 0 Å². The monoisotopic (exact) mass is 286 g/mol. The Morgan fingerprint density at radius 3 is 2.86 bits per heavy atom. The molecule has 3 nitrogen and oxygen atoms in total. The highest BCUT2D eigenvalue weighted by Gasteiger charge is 2.32. The fourth-order valence-corrected chi connectivity index (χ4v) is 3.53. The smallest absolute Gasteiger partial charge is 0.0771 e. The number of aliphatic hydroxyl groups is 1. The lowest BCUT2D eigenvalue weighted by molar-refractivity contribution is -0.00879. The van der Waals surface area contributed by atoms with E-state index in [9.17, 15) is 5.11 Å². The highest BCUT2D eigenvalue weighted by Crippen LogP contribution is 2.33.